The van der Waals surface area contributed by atoms with Gasteiger partial charge in [-0.3, -0.25) is 0 Å². The quantitative estimate of drug-likeness (QED) is 0.494. The predicted octanol–water partition coefficient (Wildman–Crippen LogP) is 1.13. The largest absolute Gasteiger partial charge is 0.379 e. The van der Waals surface area contributed by atoms with Gasteiger partial charge >= 0.3 is 0 Å². The summed E-state index contributed by atoms with van der Waals surface area (Å²) in [5.41, 5.74) is 0. The molecule has 3 heteroatoms. The van der Waals surface area contributed by atoms with Crippen molar-refractivity contribution in [1.29, 1.82) is 0 Å². The fourth-order valence-electron chi connectivity index (χ4n) is 1.20. The molecule has 3 nitrogen and oxygen atoms in total. The van der Waals surface area contributed by atoms with Gasteiger partial charge in [-0.2, -0.15) is 0 Å². The van der Waals surface area contributed by atoms with Crippen LogP contribution in [-0.2, 0) is 18.3 Å². The average Bonchev–Trinajstić information content (AvgIpc) is 2.45. The molecule has 0 saturated heterocycles. The van der Waals surface area contributed by atoms with Crippen molar-refractivity contribution in [2.75, 3.05) is 6.61 Å². The molecule has 0 unspecified atom stereocenters. The molecule has 0 fully saturated rings. The summed E-state index contributed by atoms with van der Waals surface area (Å²) < 4.78 is 9.67. The lowest BCUT2D eigenvalue weighted by atomic mass is 10.4. The van der Waals surface area contributed by atoms with Crippen LogP contribution in [0.1, 0.15) is 20.3 Å². The van der Waals surface area contributed by atoms with Crippen LogP contribution in [0.4, 0.5) is 0 Å². The summed E-state index contributed by atoms with van der Waals surface area (Å²) in [6.45, 7) is 6.01. The molecule has 1 aromatic rings. The highest BCUT2D eigenvalue weighted by atomic mass is 16.5. The molecule has 0 saturated carbocycles. The summed E-state index contributed by atoms with van der Waals surface area (Å²) in [4.78, 5) is 0. The van der Waals surface area contributed by atoms with Crippen molar-refractivity contribution < 1.29 is 9.30 Å². The van der Waals surface area contributed by atoms with Gasteiger partial charge in [-0.05, 0) is 13.8 Å². The summed E-state index contributed by atoms with van der Waals surface area (Å²) in [5, 5.41) is 0. The molecule has 0 aromatic carbocycles. The molecule has 0 spiro atoms. The van der Waals surface area contributed by atoms with E-state index in [-0.39, 0.29) is 0 Å². The van der Waals surface area contributed by atoms with E-state index in [1.807, 2.05) is 17.8 Å². The molecule has 0 radical (unpaired) electrons. The zero-order chi connectivity index (χ0) is 9.68. The van der Waals surface area contributed by atoms with E-state index in [4.69, 9.17) is 4.74 Å². The van der Waals surface area contributed by atoms with Crippen LogP contribution in [0.25, 0.3) is 0 Å². The molecule has 74 valence electrons. The van der Waals surface area contributed by atoms with Gasteiger partial charge in [0.15, 0.2) is 0 Å². The first kappa shape index (κ1) is 10.3. The van der Waals surface area contributed by atoms with Crippen molar-refractivity contribution in [3.8, 4) is 0 Å². The lowest BCUT2D eigenvalue weighted by Crippen LogP contribution is -2.23. The fourth-order valence-corrected chi connectivity index (χ4v) is 1.20. The molecule has 0 aliphatic heterocycles. The average molecular weight is 183 g/mol. The first-order chi connectivity index (χ1) is 6.18. The molecule has 1 aromatic heterocycles. The van der Waals surface area contributed by atoms with Crippen molar-refractivity contribution in [2.24, 2.45) is 7.05 Å². The lowest BCUT2D eigenvalue weighted by Gasteiger charge is -2.05. The van der Waals surface area contributed by atoms with Gasteiger partial charge in [0.2, 0.25) is 6.33 Å². The molecule has 1 rings (SSSR count). The molecule has 0 bridgehead atoms. The second kappa shape index (κ2) is 5.02. The van der Waals surface area contributed by atoms with Gasteiger partial charge < -0.3 is 4.74 Å². The molecule has 1 heterocycles. The van der Waals surface area contributed by atoms with E-state index in [2.05, 4.69) is 30.9 Å². The summed E-state index contributed by atoms with van der Waals surface area (Å²) in [5.74, 6) is 0. The van der Waals surface area contributed by atoms with E-state index in [0.717, 1.165) is 19.6 Å². The van der Waals surface area contributed by atoms with Gasteiger partial charge in [0, 0.05) is 6.42 Å². The van der Waals surface area contributed by atoms with Crippen molar-refractivity contribution in [3.63, 3.8) is 0 Å². The number of hydrogen-bond donors (Lipinski definition) is 0. The number of aryl methyl sites for hydroxylation is 2. The second-order valence-corrected chi connectivity index (χ2v) is 3.59. The monoisotopic (exact) mass is 183 g/mol. The van der Waals surface area contributed by atoms with Gasteiger partial charge in [0.1, 0.15) is 12.4 Å². The smallest absolute Gasteiger partial charge is 0.243 e. The van der Waals surface area contributed by atoms with E-state index in [1.165, 1.54) is 0 Å². The third-order valence-corrected chi connectivity index (χ3v) is 1.84. The van der Waals surface area contributed by atoms with Crippen LogP contribution < -0.4 is 4.57 Å². The highest BCUT2D eigenvalue weighted by Crippen LogP contribution is 1.93. The Morgan fingerprint density at radius 1 is 1.46 bits per heavy atom. The molecule has 0 aliphatic rings. The van der Waals surface area contributed by atoms with E-state index >= 15 is 0 Å². The molecular weight excluding hydrogens is 164 g/mol. The third kappa shape index (κ3) is 4.08. The fraction of sp³-hybridized carbons (Fsp3) is 0.700. The highest BCUT2D eigenvalue weighted by molar-refractivity contribution is 4.65. The Morgan fingerprint density at radius 2 is 2.23 bits per heavy atom. The second-order valence-electron chi connectivity index (χ2n) is 3.59. The maximum Gasteiger partial charge on any atom is 0.243 e. The molecule has 0 N–H and O–H groups in total. The van der Waals surface area contributed by atoms with Crippen molar-refractivity contribution in [3.05, 3.63) is 18.7 Å². The number of nitrogens with zero attached hydrogens (tertiary/aromatic N) is 2. The predicted molar refractivity (Wildman–Crippen MR) is 51.3 cm³/mol. The SMILES string of the molecule is CC(C)OCCCn1cc[n+](C)c1. The van der Waals surface area contributed by atoms with Crippen molar-refractivity contribution in [2.45, 2.75) is 32.9 Å². The molecule has 13 heavy (non-hydrogen) atoms. The molecule has 0 atom stereocenters. The zero-order valence-electron chi connectivity index (χ0n) is 8.73. The topological polar surface area (TPSA) is 18.0 Å². The summed E-state index contributed by atoms with van der Waals surface area (Å²) in [6.07, 6.45) is 7.63. The normalized spacial score (nSPS) is 11.1. The summed E-state index contributed by atoms with van der Waals surface area (Å²) in [6, 6.07) is 0. The van der Waals surface area contributed by atoms with E-state index in [0.29, 0.717) is 6.10 Å². The third-order valence-electron chi connectivity index (χ3n) is 1.84. The highest BCUT2D eigenvalue weighted by Gasteiger charge is 1.99. The standard InChI is InChI=1S/C10H19N2O/c1-10(2)13-8-4-5-12-7-6-11(3)9-12/h6-7,9-10H,4-5,8H2,1-3H3/q+1. The minimum absolute atomic E-state index is 0.348. The Morgan fingerprint density at radius 3 is 2.77 bits per heavy atom. The van der Waals surface area contributed by atoms with Gasteiger partial charge in [-0.15, -0.1) is 0 Å². The molecule has 0 amide bonds. The minimum Gasteiger partial charge on any atom is -0.379 e. The Balaban J connectivity index is 2.13. The van der Waals surface area contributed by atoms with Crippen LogP contribution in [0, 0.1) is 0 Å². The van der Waals surface area contributed by atoms with Crippen molar-refractivity contribution in [1.82, 2.24) is 4.57 Å². The summed E-state index contributed by atoms with van der Waals surface area (Å²) in [7, 11) is 2.03. The number of hydrogen-bond acceptors (Lipinski definition) is 1. The van der Waals surface area contributed by atoms with Crippen LogP contribution in [0.2, 0.25) is 0 Å². The minimum atomic E-state index is 0.348. The Hall–Kier alpha value is -0.830. The first-order valence-corrected chi connectivity index (χ1v) is 4.81. The number of ether oxygens (including phenoxy) is 1. The van der Waals surface area contributed by atoms with Gasteiger partial charge in [-0.25, -0.2) is 9.13 Å². The van der Waals surface area contributed by atoms with E-state index < -0.39 is 0 Å². The number of imidazole rings is 1. The van der Waals surface area contributed by atoms with Crippen molar-refractivity contribution >= 4 is 0 Å². The van der Waals surface area contributed by atoms with Crippen LogP contribution >= 0.6 is 0 Å². The Labute approximate surface area is 79.9 Å². The molecule has 0 aliphatic carbocycles. The van der Waals surface area contributed by atoms with Crippen LogP contribution in [0.5, 0.6) is 0 Å². The Bertz CT molecular complexity index is 243. The maximum absolute atomic E-state index is 5.45. The van der Waals surface area contributed by atoms with Crippen LogP contribution in [0.15, 0.2) is 18.7 Å². The Kier molecular flexibility index (Phi) is 3.96. The number of aromatic nitrogens is 2. The van der Waals surface area contributed by atoms with Crippen LogP contribution in [-0.4, -0.2) is 17.3 Å². The summed E-state index contributed by atoms with van der Waals surface area (Å²) >= 11 is 0. The van der Waals surface area contributed by atoms with Crippen LogP contribution in [0.3, 0.4) is 0 Å². The molecular formula is C10H19N2O+. The van der Waals surface area contributed by atoms with E-state index in [1.54, 1.807) is 0 Å². The van der Waals surface area contributed by atoms with Gasteiger partial charge in [-0.1, -0.05) is 0 Å². The first-order valence-electron chi connectivity index (χ1n) is 4.81. The number of rotatable bonds is 5. The van der Waals surface area contributed by atoms with E-state index in [9.17, 15) is 0 Å². The maximum atomic E-state index is 5.45. The lowest BCUT2D eigenvalue weighted by molar-refractivity contribution is -0.671. The van der Waals surface area contributed by atoms with Gasteiger partial charge in [0.05, 0.1) is 26.3 Å². The van der Waals surface area contributed by atoms with Gasteiger partial charge in [0.25, 0.3) is 0 Å². The zero-order valence-corrected chi connectivity index (χ0v) is 8.73.